The number of anilines is 1. The molecule has 2 aromatic heterocycles. The van der Waals surface area contributed by atoms with Crippen LogP contribution in [0.4, 0.5) is 5.13 Å². The summed E-state index contributed by atoms with van der Waals surface area (Å²) in [4.78, 5) is 13.4. The van der Waals surface area contributed by atoms with Gasteiger partial charge in [0.25, 0.3) is 5.91 Å². The summed E-state index contributed by atoms with van der Waals surface area (Å²) in [5.41, 5.74) is 0.550. The predicted molar refractivity (Wildman–Crippen MR) is 94.7 cm³/mol. The standard InChI is InChI=1S/C15H13N3O2S3/c1-20-11-6-4-10(5-7-11)13(19)16-14-17-18-15(23-14)22-9-12-3-2-8-21-12/h2-8H,9H2,1H3,(H,16,17,19). The molecule has 0 unspecified atom stereocenters. The number of nitrogens with zero attached hydrogens (tertiary/aromatic N) is 2. The molecule has 0 saturated heterocycles. The molecule has 118 valence electrons. The monoisotopic (exact) mass is 363 g/mol. The SMILES string of the molecule is COc1ccc(C(=O)Nc2nnc(SCc3cccs3)s2)cc1. The summed E-state index contributed by atoms with van der Waals surface area (Å²) in [6.45, 7) is 0. The summed E-state index contributed by atoms with van der Waals surface area (Å²) >= 11 is 4.70. The molecule has 3 rings (SSSR count). The van der Waals surface area contributed by atoms with Crippen LogP contribution in [-0.2, 0) is 5.75 Å². The first-order valence-electron chi connectivity index (χ1n) is 6.68. The molecule has 1 aromatic carbocycles. The minimum Gasteiger partial charge on any atom is -0.497 e. The Morgan fingerprint density at radius 1 is 1.26 bits per heavy atom. The first kappa shape index (κ1) is 16.0. The Morgan fingerprint density at radius 2 is 2.09 bits per heavy atom. The van der Waals surface area contributed by atoms with Crippen molar-refractivity contribution in [1.82, 2.24) is 10.2 Å². The second-order valence-electron chi connectivity index (χ2n) is 4.42. The fourth-order valence-electron chi connectivity index (χ4n) is 1.76. The molecule has 0 aliphatic heterocycles. The van der Waals surface area contributed by atoms with Gasteiger partial charge in [0.15, 0.2) is 4.34 Å². The molecule has 0 atom stereocenters. The van der Waals surface area contributed by atoms with Crippen LogP contribution >= 0.6 is 34.4 Å². The molecule has 1 amide bonds. The highest BCUT2D eigenvalue weighted by Crippen LogP contribution is 2.29. The predicted octanol–water partition coefficient (Wildman–Crippen LogP) is 4.15. The maximum atomic E-state index is 12.1. The van der Waals surface area contributed by atoms with Crippen LogP contribution in [0.5, 0.6) is 5.75 Å². The topological polar surface area (TPSA) is 64.1 Å². The summed E-state index contributed by atoms with van der Waals surface area (Å²) in [5, 5.41) is 13.4. The Bertz CT molecular complexity index is 770. The van der Waals surface area contributed by atoms with Gasteiger partial charge in [-0.2, -0.15) is 0 Å². The second kappa shape index (κ2) is 7.58. The van der Waals surface area contributed by atoms with Gasteiger partial charge in [-0.3, -0.25) is 10.1 Å². The molecule has 0 aliphatic carbocycles. The number of rotatable bonds is 6. The molecule has 0 aliphatic rings. The average Bonchev–Trinajstić information content (AvgIpc) is 3.24. The van der Waals surface area contributed by atoms with Gasteiger partial charge in [-0.15, -0.1) is 21.5 Å². The summed E-state index contributed by atoms with van der Waals surface area (Å²) in [6, 6.07) is 11.0. The van der Waals surface area contributed by atoms with E-state index in [9.17, 15) is 4.79 Å². The summed E-state index contributed by atoms with van der Waals surface area (Å²) in [5.74, 6) is 1.36. The van der Waals surface area contributed by atoms with Crippen molar-refractivity contribution >= 4 is 45.5 Å². The van der Waals surface area contributed by atoms with Gasteiger partial charge in [-0.05, 0) is 35.7 Å². The van der Waals surface area contributed by atoms with Crippen LogP contribution in [0.3, 0.4) is 0 Å². The molecular formula is C15H13N3O2S3. The largest absolute Gasteiger partial charge is 0.497 e. The number of carbonyl (C=O) groups excluding carboxylic acids is 1. The summed E-state index contributed by atoms with van der Waals surface area (Å²) in [6.07, 6.45) is 0. The minimum atomic E-state index is -0.210. The molecule has 0 fully saturated rings. The van der Waals surface area contributed by atoms with Crippen molar-refractivity contribution in [3.8, 4) is 5.75 Å². The van der Waals surface area contributed by atoms with Gasteiger partial charge in [0, 0.05) is 16.2 Å². The molecule has 0 bridgehead atoms. The molecule has 0 spiro atoms. The van der Waals surface area contributed by atoms with Crippen LogP contribution in [0.2, 0.25) is 0 Å². The lowest BCUT2D eigenvalue weighted by Crippen LogP contribution is -2.11. The highest BCUT2D eigenvalue weighted by molar-refractivity contribution is 8.00. The fourth-order valence-corrected chi connectivity index (χ4v) is 4.28. The molecule has 2 heterocycles. The summed E-state index contributed by atoms with van der Waals surface area (Å²) in [7, 11) is 1.59. The molecular weight excluding hydrogens is 350 g/mol. The number of amides is 1. The third kappa shape index (κ3) is 4.31. The molecule has 23 heavy (non-hydrogen) atoms. The Morgan fingerprint density at radius 3 is 2.78 bits per heavy atom. The van der Waals surface area contributed by atoms with Crippen molar-refractivity contribution in [2.24, 2.45) is 0 Å². The van der Waals surface area contributed by atoms with Crippen LogP contribution in [-0.4, -0.2) is 23.2 Å². The number of carbonyl (C=O) groups is 1. The lowest BCUT2D eigenvalue weighted by atomic mass is 10.2. The number of hydrogen-bond donors (Lipinski definition) is 1. The van der Waals surface area contributed by atoms with Gasteiger partial charge in [-0.1, -0.05) is 29.2 Å². The van der Waals surface area contributed by atoms with Crippen LogP contribution in [0.15, 0.2) is 46.1 Å². The van der Waals surface area contributed by atoms with Crippen molar-refractivity contribution < 1.29 is 9.53 Å². The van der Waals surface area contributed by atoms with E-state index in [1.165, 1.54) is 16.2 Å². The Labute approximate surface area is 145 Å². The van der Waals surface area contributed by atoms with Gasteiger partial charge in [-0.25, -0.2) is 0 Å². The van der Waals surface area contributed by atoms with E-state index in [-0.39, 0.29) is 5.91 Å². The van der Waals surface area contributed by atoms with Crippen molar-refractivity contribution in [1.29, 1.82) is 0 Å². The van der Waals surface area contributed by atoms with E-state index in [2.05, 4.69) is 27.0 Å². The van der Waals surface area contributed by atoms with E-state index in [0.29, 0.717) is 16.4 Å². The van der Waals surface area contributed by atoms with Gasteiger partial charge in [0.05, 0.1) is 7.11 Å². The lowest BCUT2D eigenvalue weighted by Gasteiger charge is -2.02. The second-order valence-corrected chi connectivity index (χ2v) is 7.66. The van der Waals surface area contributed by atoms with Crippen LogP contribution in [0, 0.1) is 0 Å². The van der Waals surface area contributed by atoms with Crippen LogP contribution < -0.4 is 10.1 Å². The minimum absolute atomic E-state index is 0.210. The number of thiophene rings is 1. The molecule has 3 aromatic rings. The number of aromatic nitrogens is 2. The zero-order valence-corrected chi connectivity index (χ0v) is 14.6. The van der Waals surface area contributed by atoms with E-state index in [4.69, 9.17) is 4.74 Å². The Kier molecular flexibility index (Phi) is 5.27. The summed E-state index contributed by atoms with van der Waals surface area (Å²) < 4.78 is 5.91. The zero-order chi connectivity index (χ0) is 16.1. The number of nitrogens with one attached hydrogen (secondary N) is 1. The van der Waals surface area contributed by atoms with Gasteiger partial charge in [0.2, 0.25) is 5.13 Å². The Balaban J connectivity index is 1.58. The third-order valence-electron chi connectivity index (χ3n) is 2.90. The number of methoxy groups -OCH3 is 1. The average molecular weight is 363 g/mol. The first-order valence-corrected chi connectivity index (χ1v) is 9.37. The molecule has 0 radical (unpaired) electrons. The quantitative estimate of drug-likeness (QED) is 0.526. The van der Waals surface area contributed by atoms with Crippen molar-refractivity contribution in [3.63, 3.8) is 0 Å². The molecule has 8 heteroatoms. The van der Waals surface area contributed by atoms with Crippen molar-refractivity contribution in [2.45, 2.75) is 10.1 Å². The lowest BCUT2D eigenvalue weighted by molar-refractivity contribution is 0.102. The highest BCUT2D eigenvalue weighted by Gasteiger charge is 2.11. The van der Waals surface area contributed by atoms with Gasteiger partial charge in [0.1, 0.15) is 5.75 Å². The Hall–Kier alpha value is -1.90. The van der Waals surface area contributed by atoms with Crippen molar-refractivity contribution in [3.05, 3.63) is 52.2 Å². The highest BCUT2D eigenvalue weighted by atomic mass is 32.2. The third-order valence-corrected chi connectivity index (χ3v) is 5.98. The number of benzene rings is 1. The number of hydrogen-bond acceptors (Lipinski definition) is 7. The number of thioether (sulfide) groups is 1. The number of ether oxygens (including phenoxy) is 1. The van der Waals surface area contributed by atoms with Crippen LogP contribution in [0.25, 0.3) is 0 Å². The molecule has 1 N–H and O–H groups in total. The molecule has 5 nitrogen and oxygen atoms in total. The van der Waals surface area contributed by atoms with Crippen molar-refractivity contribution in [2.75, 3.05) is 12.4 Å². The van der Waals surface area contributed by atoms with E-state index in [1.54, 1.807) is 54.5 Å². The maximum absolute atomic E-state index is 12.1. The van der Waals surface area contributed by atoms with Gasteiger partial charge < -0.3 is 4.74 Å². The normalized spacial score (nSPS) is 10.5. The van der Waals surface area contributed by atoms with Crippen LogP contribution in [0.1, 0.15) is 15.2 Å². The zero-order valence-electron chi connectivity index (χ0n) is 12.2. The van der Waals surface area contributed by atoms with E-state index in [0.717, 1.165) is 10.1 Å². The molecule has 0 saturated carbocycles. The maximum Gasteiger partial charge on any atom is 0.257 e. The van der Waals surface area contributed by atoms with E-state index in [1.807, 2.05) is 6.07 Å². The smallest absolute Gasteiger partial charge is 0.257 e. The van der Waals surface area contributed by atoms with Gasteiger partial charge >= 0.3 is 0 Å². The van der Waals surface area contributed by atoms with E-state index < -0.39 is 0 Å². The first-order chi connectivity index (χ1) is 11.2. The van der Waals surface area contributed by atoms with E-state index >= 15 is 0 Å². The fraction of sp³-hybridized carbons (Fsp3) is 0.133.